The van der Waals surface area contributed by atoms with Crippen LogP contribution in [-0.4, -0.2) is 12.1 Å². The van der Waals surface area contributed by atoms with Gasteiger partial charge in [0.2, 0.25) is 0 Å². The summed E-state index contributed by atoms with van der Waals surface area (Å²) in [5.74, 6) is 0.770. The van der Waals surface area contributed by atoms with Crippen molar-refractivity contribution in [1.29, 1.82) is 0 Å². The Balaban J connectivity index is 2.71. The molecule has 0 aliphatic heterocycles. The zero-order valence-corrected chi connectivity index (χ0v) is 10.2. The molecule has 3 heteroatoms. The molecule has 2 aromatic rings. The molecule has 0 spiro atoms. The lowest BCUT2D eigenvalue weighted by Crippen LogP contribution is -2.03. The summed E-state index contributed by atoms with van der Waals surface area (Å²) in [6.07, 6.45) is 0. The lowest BCUT2D eigenvalue weighted by molar-refractivity contribution is 0.416. The largest absolute Gasteiger partial charge is 0.496 e. The second kappa shape index (κ2) is 4.45. The molecule has 0 amide bonds. The number of ether oxygens (including phenoxy) is 1. The Hall–Kier alpha value is -2.03. The Kier molecular flexibility index (Phi) is 3.00. The van der Waals surface area contributed by atoms with Crippen molar-refractivity contribution in [2.45, 2.75) is 13.8 Å². The summed E-state index contributed by atoms with van der Waals surface area (Å²) in [6.45, 7) is 3.87. The van der Waals surface area contributed by atoms with Crippen LogP contribution in [-0.2, 0) is 0 Å². The van der Waals surface area contributed by atoms with Crippen LogP contribution >= 0.6 is 0 Å². The molecule has 0 unspecified atom stereocenters. The van der Waals surface area contributed by atoms with Crippen LogP contribution in [0.2, 0.25) is 0 Å². The van der Waals surface area contributed by atoms with E-state index in [-0.39, 0.29) is 5.43 Å². The number of pyridine rings is 1. The molecule has 1 heterocycles. The Morgan fingerprint density at radius 2 is 1.94 bits per heavy atom. The van der Waals surface area contributed by atoms with Crippen LogP contribution in [0.4, 0.5) is 0 Å². The van der Waals surface area contributed by atoms with Crippen molar-refractivity contribution in [1.82, 2.24) is 4.98 Å². The highest BCUT2D eigenvalue weighted by atomic mass is 16.5. The zero-order chi connectivity index (χ0) is 12.4. The number of hydrogen-bond acceptors (Lipinski definition) is 2. The second-order valence-corrected chi connectivity index (χ2v) is 4.06. The number of nitrogens with one attached hydrogen (secondary N) is 1. The zero-order valence-electron chi connectivity index (χ0n) is 10.2. The molecular formula is C14H15NO2. The first-order valence-electron chi connectivity index (χ1n) is 5.47. The molecule has 17 heavy (non-hydrogen) atoms. The standard InChI is InChI=1S/C14H15NO2/c1-9-5-4-6-13(17-3)14(9)12-8-11(16)7-10(2)15-12/h4-8H,1-3H3,(H,15,16). The smallest absolute Gasteiger partial charge is 0.182 e. The number of aromatic amines is 1. The Labute approximate surface area is 100 Å². The van der Waals surface area contributed by atoms with Crippen molar-refractivity contribution in [2.75, 3.05) is 7.11 Å². The van der Waals surface area contributed by atoms with Crippen LogP contribution in [0.3, 0.4) is 0 Å². The number of aryl methyl sites for hydroxylation is 2. The average Bonchev–Trinajstić information content (AvgIpc) is 2.27. The van der Waals surface area contributed by atoms with E-state index in [0.29, 0.717) is 0 Å². The molecular weight excluding hydrogens is 214 g/mol. The monoisotopic (exact) mass is 229 g/mol. The third-order valence-corrected chi connectivity index (χ3v) is 2.70. The summed E-state index contributed by atoms with van der Waals surface area (Å²) in [5.41, 5.74) is 3.66. The van der Waals surface area contributed by atoms with Crippen molar-refractivity contribution in [3.05, 3.63) is 51.8 Å². The Bertz CT molecular complexity index is 599. The van der Waals surface area contributed by atoms with E-state index < -0.39 is 0 Å². The van der Waals surface area contributed by atoms with E-state index in [1.165, 1.54) is 0 Å². The van der Waals surface area contributed by atoms with Gasteiger partial charge < -0.3 is 9.72 Å². The van der Waals surface area contributed by atoms with Gasteiger partial charge in [0, 0.05) is 23.4 Å². The molecule has 0 aliphatic carbocycles. The van der Waals surface area contributed by atoms with E-state index >= 15 is 0 Å². The maximum atomic E-state index is 11.5. The van der Waals surface area contributed by atoms with Crippen LogP contribution in [0, 0.1) is 13.8 Å². The van der Waals surface area contributed by atoms with Gasteiger partial charge in [-0.15, -0.1) is 0 Å². The Morgan fingerprint density at radius 3 is 2.59 bits per heavy atom. The molecule has 1 aromatic heterocycles. The van der Waals surface area contributed by atoms with Gasteiger partial charge in [-0.05, 0) is 25.5 Å². The maximum absolute atomic E-state index is 11.5. The van der Waals surface area contributed by atoms with Crippen molar-refractivity contribution in [2.24, 2.45) is 0 Å². The van der Waals surface area contributed by atoms with Crippen molar-refractivity contribution >= 4 is 0 Å². The third-order valence-electron chi connectivity index (χ3n) is 2.70. The molecule has 1 N–H and O–H groups in total. The molecule has 0 atom stereocenters. The average molecular weight is 229 g/mol. The molecule has 0 saturated carbocycles. The maximum Gasteiger partial charge on any atom is 0.182 e. The van der Waals surface area contributed by atoms with E-state index in [1.54, 1.807) is 19.2 Å². The predicted octanol–water partition coefficient (Wildman–Crippen LogP) is 2.67. The van der Waals surface area contributed by atoms with Crippen LogP contribution in [0.5, 0.6) is 5.75 Å². The number of rotatable bonds is 2. The highest BCUT2D eigenvalue weighted by Gasteiger charge is 2.09. The summed E-state index contributed by atoms with van der Waals surface area (Å²) >= 11 is 0. The highest BCUT2D eigenvalue weighted by molar-refractivity contribution is 5.70. The minimum absolute atomic E-state index is 0.00144. The summed E-state index contributed by atoms with van der Waals surface area (Å²) < 4.78 is 5.34. The van der Waals surface area contributed by atoms with Gasteiger partial charge in [-0.25, -0.2) is 0 Å². The topological polar surface area (TPSA) is 42.1 Å². The molecule has 0 bridgehead atoms. The molecule has 0 aliphatic rings. The minimum atomic E-state index is 0.00144. The van der Waals surface area contributed by atoms with Crippen LogP contribution in [0.25, 0.3) is 11.3 Å². The molecule has 1 aromatic carbocycles. The van der Waals surface area contributed by atoms with Gasteiger partial charge in [-0.1, -0.05) is 12.1 Å². The van der Waals surface area contributed by atoms with Gasteiger partial charge >= 0.3 is 0 Å². The quantitative estimate of drug-likeness (QED) is 0.860. The molecule has 3 nitrogen and oxygen atoms in total. The molecule has 88 valence electrons. The lowest BCUT2D eigenvalue weighted by Gasteiger charge is -2.12. The first-order valence-corrected chi connectivity index (χ1v) is 5.47. The normalized spacial score (nSPS) is 10.3. The number of H-pyrrole nitrogens is 1. The van der Waals surface area contributed by atoms with Crippen molar-refractivity contribution < 1.29 is 4.74 Å². The van der Waals surface area contributed by atoms with Crippen molar-refractivity contribution in [3.8, 4) is 17.0 Å². The second-order valence-electron chi connectivity index (χ2n) is 4.06. The predicted molar refractivity (Wildman–Crippen MR) is 68.5 cm³/mol. The first kappa shape index (κ1) is 11.5. The fourth-order valence-corrected chi connectivity index (χ4v) is 1.97. The number of aromatic nitrogens is 1. The fraction of sp³-hybridized carbons (Fsp3) is 0.214. The number of hydrogen-bond donors (Lipinski definition) is 1. The summed E-state index contributed by atoms with van der Waals surface area (Å²) in [6, 6.07) is 9.00. The van der Waals surface area contributed by atoms with Crippen LogP contribution in [0.1, 0.15) is 11.3 Å². The van der Waals surface area contributed by atoms with Gasteiger partial charge in [0.1, 0.15) is 5.75 Å². The summed E-state index contributed by atoms with van der Waals surface area (Å²) in [4.78, 5) is 14.7. The summed E-state index contributed by atoms with van der Waals surface area (Å²) in [5, 5.41) is 0. The van der Waals surface area contributed by atoms with Gasteiger partial charge in [-0.2, -0.15) is 0 Å². The molecule has 2 rings (SSSR count). The van der Waals surface area contributed by atoms with Crippen LogP contribution < -0.4 is 10.2 Å². The third kappa shape index (κ3) is 2.23. The van der Waals surface area contributed by atoms with E-state index in [1.807, 2.05) is 32.0 Å². The lowest BCUT2D eigenvalue weighted by atomic mass is 10.0. The number of benzene rings is 1. The molecule has 0 radical (unpaired) electrons. The van der Waals surface area contributed by atoms with Crippen molar-refractivity contribution in [3.63, 3.8) is 0 Å². The fourth-order valence-electron chi connectivity index (χ4n) is 1.97. The van der Waals surface area contributed by atoms with Gasteiger partial charge in [0.15, 0.2) is 5.43 Å². The first-order chi connectivity index (χ1) is 8.11. The van der Waals surface area contributed by atoms with E-state index in [9.17, 15) is 4.79 Å². The Morgan fingerprint density at radius 1 is 1.18 bits per heavy atom. The SMILES string of the molecule is COc1cccc(C)c1-c1cc(=O)cc(C)[nH]1. The molecule has 0 saturated heterocycles. The van der Waals surface area contributed by atoms with Crippen LogP contribution in [0.15, 0.2) is 35.1 Å². The number of methoxy groups -OCH3 is 1. The van der Waals surface area contributed by atoms with E-state index in [0.717, 1.165) is 28.3 Å². The van der Waals surface area contributed by atoms with E-state index in [4.69, 9.17) is 4.74 Å². The highest BCUT2D eigenvalue weighted by Crippen LogP contribution is 2.30. The van der Waals surface area contributed by atoms with Gasteiger partial charge in [0.05, 0.1) is 12.8 Å². The minimum Gasteiger partial charge on any atom is -0.496 e. The molecule has 0 fully saturated rings. The summed E-state index contributed by atoms with van der Waals surface area (Å²) in [7, 11) is 1.63. The van der Waals surface area contributed by atoms with Gasteiger partial charge in [-0.3, -0.25) is 4.79 Å². The van der Waals surface area contributed by atoms with E-state index in [2.05, 4.69) is 4.98 Å². The van der Waals surface area contributed by atoms with Gasteiger partial charge in [0.25, 0.3) is 0 Å².